The van der Waals surface area contributed by atoms with Gasteiger partial charge in [-0.15, -0.1) is 0 Å². The summed E-state index contributed by atoms with van der Waals surface area (Å²) in [5, 5.41) is 100. The van der Waals surface area contributed by atoms with Crippen LogP contribution in [-0.4, -0.2) is 87.7 Å². The topological polar surface area (TPSA) is 277 Å². The number of benzene rings is 3. The standard InChI is InChI=1S/C28H24O16/c1-8-24(43-27(40)10-4-15(33)20(36)16(34)5-10)22(38)23(39)28(41-8)44-26-21(37)18-12(30)6-11(29)7-17(18)42-25(26)9-2-13(31)19(35)14(32)3-9/h2-8,22-24,28-36,38-39H,1H3/t8-,22+,23-,24+,28+/m1/s1. The Labute approximate surface area is 244 Å². The van der Waals surface area contributed by atoms with Crippen molar-refractivity contribution in [2.75, 3.05) is 0 Å². The van der Waals surface area contributed by atoms with Crippen LogP contribution in [0.2, 0.25) is 0 Å². The van der Waals surface area contributed by atoms with E-state index in [0.29, 0.717) is 0 Å². The quantitative estimate of drug-likeness (QED) is 0.111. The summed E-state index contributed by atoms with van der Waals surface area (Å²) in [6.07, 6.45) is -8.63. The first-order valence-corrected chi connectivity index (χ1v) is 12.6. The molecule has 232 valence electrons. The molecule has 1 aromatic heterocycles. The number of rotatable bonds is 5. The van der Waals surface area contributed by atoms with Gasteiger partial charge in [0.05, 0.1) is 11.7 Å². The van der Waals surface area contributed by atoms with Crippen LogP contribution in [0.25, 0.3) is 22.3 Å². The molecule has 0 spiro atoms. The van der Waals surface area contributed by atoms with Gasteiger partial charge in [-0.05, 0) is 31.2 Å². The molecule has 4 aromatic rings. The van der Waals surface area contributed by atoms with Gasteiger partial charge >= 0.3 is 5.97 Å². The Morgan fingerprint density at radius 2 is 1.34 bits per heavy atom. The number of phenolic OH excluding ortho intramolecular Hbond substituents is 8. The Bertz CT molecular complexity index is 1800. The summed E-state index contributed by atoms with van der Waals surface area (Å²) < 4.78 is 22.1. The molecule has 1 aliphatic heterocycles. The van der Waals surface area contributed by atoms with Crippen molar-refractivity contribution >= 4 is 16.9 Å². The van der Waals surface area contributed by atoms with E-state index >= 15 is 0 Å². The lowest BCUT2D eigenvalue weighted by molar-refractivity contribution is -0.267. The summed E-state index contributed by atoms with van der Waals surface area (Å²) in [6, 6.07) is 5.17. The number of esters is 1. The average Bonchev–Trinajstić information content (AvgIpc) is 2.95. The third-order valence-corrected chi connectivity index (χ3v) is 6.81. The van der Waals surface area contributed by atoms with E-state index in [1.54, 1.807) is 0 Å². The van der Waals surface area contributed by atoms with E-state index in [-0.39, 0.29) is 11.1 Å². The Kier molecular flexibility index (Phi) is 7.42. The minimum Gasteiger partial charge on any atom is -0.508 e. The molecule has 5 atom stereocenters. The van der Waals surface area contributed by atoms with E-state index in [2.05, 4.69) is 0 Å². The first-order chi connectivity index (χ1) is 20.7. The first kappa shape index (κ1) is 29.9. The smallest absolute Gasteiger partial charge is 0.338 e. The largest absolute Gasteiger partial charge is 0.508 e. The second kappa shape index (κ2) is 10.9. The number of carbonyl (C=O) groups excluding carboxylic acids is 1. The molecular weight excluding hydrogens is 592 g/mol. The summed E-state index contributed by atoms with van der Waals surface area (Å²) in [4.78, 5) is 26.2. The lowest BCUT2D eigenvalue weighted by Gasteiger charge is -2.40. The molecule has 0 aliphatic carbocycles. The van der Waals surface area contributed by atoms with Crippen LogP contribution in [-0.2, 0) is 9.47 Å². The Morgan fingerprint density at radius 3 is 1.93 bits per heavy atom. The molecule has 0 unspecified atom stereocenters. The van der Waals surface area contributed by atoms with Gasteiger partial charge in [-0.3, -0.25) is 4.79 Å². The van der Waals surface area contributed by atoms with Crippen molar-refractivity contribution in [3.8, 4) is 63.1 Å². The third-order valence-electron chi connectivity index (χ3n) is 6.81. The number of hydrogen-bond donors (Lipinski definition) is 10. The molecule has 44 heavy (non-hydrogen) atoms. The summed E-state index contributed by atoms with van der Waals surface area (Å²) >= 11 is 0. The third kappa shape index (κ3) is 5.13. The minimum atomic E-state index is -2.02. The van der Waals surface area contributed by atoms with Crippen LogP contribution in [0.5, 0.6) is 51.7 Å². The molecule has 1 aliphatic rings. The zero-order chi connectivity index (χ0) is 32.2. The fraction of sp³-hybridized carbons (Fsp3) is 0.214. The average molecular weight is 616 g/mol. The highest BCUT2D eigenvalue weighted by Gasteiger charge is 2.47. The number of hydrogen-bond acceptors (Lipinski definition) is 16. The van der Waals surface area contributed by atoms with Crippen LogP contribution in [0.3, 0.4) is 0 Å². The monoisotopic (exact) mass is 616 g/mol. The van der Waals surface area contributed by atoms with Crippen LogP contribution in [0.4, 0.5) is 0 Å². The number of carbonyl (C=O) groups is 1. The summed E-state index contributed by atoms with van der Waals surface area (Å²) in [5.41, 5.74) is -2.11. The summed E-state index contributed by atoms with van der Waals surface area (Å²) in [6.45, 7) is 1.31. The van der Waals surface area contributed by atoms with Crippen molar-refractivity contribution in [2.24, 2.45) is 0 Å². The zero-order valence-electron chi connectivity index (χ0n) is 22.3. The number of fused-ring (bicyclic) bond motifs is 1. The molecule has 16 nitrogen and oxygen atoms in total. The van der Waals surface area contributed by atoms with Gasteiger partial charge in [0.1, 0.15) is 34.7 Å². The van der Waals surface area contributed by atoms with Gasteiger partial charge in [-0.1, -0.05) is 0 Å². The van der Waals surface area contributed by atoms with Gasteiger partial charge in [0.25, 0.3) is 0 Å². The lowest BCUT2D eigenvalue weighted by Crippen LogP contribution is -2.59. The highest BCUT2D eigenvalue weighted by atomic mass is 16.7. The number of aliphatic hydroxyl groups excluding tert-OH is 2. The molecule has 2 heterocycles. The molecule has 3 aromatic carbocycles. The van der Waals surface area contributed by atoms with Crippen molar-refractivity contribution in [3.63, 3.8) is 0 Å². The highest BCUT2D eigenvalue weighted by molar-refractivity contribution is 5.91. The van der Waals surface area contributed by atoms with Gasteiger partial charge < -0.3 is 69.7 Å². The predicted molar refractivity (Wildman–Crippen MR) is 144 cm³/mol. The fourth-order valence-corrected chi connectivity index (χ4v) is 4.60. The Hall–Kier alpha value is -5.58. The predicted octanol–water partition coefficient (Wildman–Crippen LogP) is 1.18. The van der Waals surface area contributed by atoms with E-state index in [0.717, 1.165) is 36.4 Å². The van der Waals surface area contributed by atoms with Crippen molar-refractivity contribution in [1.29, 1.82) is 0 Å². The second-order valence-electron chi connectivity index (χ2n) is 9.83. The van der Waals surface area contributed by atoms with Crippen LogP contribution in [0, 0.1) is 0 Å². The van der Waals surface area contributed by atoms with Crippen molar-refractivity contribution in [2.45, 2.75) is 37.6 Å². The second-order valence-corrected chi connectivity index (χ2v) is 9.83. The van der Waals surface area contributed by atoms with E-state index in [9.17, 15) is 60.7 Å². The van der Waals surface area contributed by atoms with E-state index < -0.39 is 111 Å². The normalized spacial score (nSPS) is 21.7. The molecule has 16 heteroatoms. The summed E-state index contributed by atoms with van der Waals surface area (Å²) in [5.74, 6) is -8.80. The Morgan fingerprint density at radius 1 is 0.773 bits per heavy atom. The molecule has 5 rings (SSSR count). The highest BCUT2D eigenvalue weighted by Crippen LogP contribution is 2.43. The first-order valence-electron chi connectivity index (χ1n) is 12.6. The maximum Gasteiger partial charge on any atom is 0.338 e. The molecule has 0 bridgehead atoms. The van der Waals surface area contributed by atoms with Gasteiger partial charge in [-0.2, -0.15) is 0 Å². The van der Waals surface area contributed by atoms with Crippen molar-refractivity contribution in [1.82, 2.24) is 0 Å². The van der Waals surface area contributed by atoms with Crippen molar-refractivity contribution in [3.05, 3.63) is 52.2 Å². The molecule has 0 saturated carbocycles. The fourth-order valence-electron chi connectivity index (χ4n) is 4.60. The van der Waals surface area contributed by atoms with Gasteiger partial charge in [0.15, 0.2) is 46.4 Å². The molecule has 0 radical (unpaired) electrons. The number of aliphatic hydroxyl groups is 2. The Balaban J connectivity index is 1.50. The zero-order valence-corrected chi connectivity index (χ0v) is 22.3. The molecule has 10 N–H and O–H groups in total. The lowest BCUT2D eigenvalue weighted by atomic mass is 9.99. The van der Waals surface area contributed by atoms with Crippen LogP contribution in [0.1, 0.15) is 17.3 Å². The van der Waals surface area contributed by atoms with E-state index in [1.165, 1.54) is 6.92 Å². The van der Waals surface area contributed by atoms with Gasteiger partial charge in [0.2, 0.25) is 17.5 Å². The SMILES string of the molecule is C[C@H]1O[C@@H](Oc2c(-c3cc(O)c(O)c(O)c3)oc3cc(O)cc(O)c3c2=O)[C@H](O)[C@H](O)[C@H]1OC(=O)c1cc(O)c(O)c(O)c1. The van der Waals surface area contributed by atoms with Crippen molar-refractivity contribution < 1.29 is 74.5 Å². The van der Waals surface area contributed by atoms with E-state index in [1.807, 2.05) is 0 Å². The molecule has 0 amide bonds. The maximum absolute atomic E-state index is 13.6. The minimum absolute atomic E-state index is 0.249. The molecule has 1 saturated heterocycles. The maximum atomic E-state index is 13.6. The van der Waals surface area contributed by atoms with Gasteiger partial charge in [-0.25, -0.2) is 4.79 Å². The van der Waals surface area contributed by atoms with Crippen LogP contribution < -0.4 is 10.2 Å². The molecular formula is C28H24O16. The van der Waals surface area contributed by atoms with Crippen LogP contribution in [0.15, 0.2) is 45.6 Å². The van der Waals surface area contributed by atoms with Gasteiger partial charge in [0, 0.05) is 17.7 Å². The van der Waals surface area contributed by atoms with Crippen LogP contribution >= 0.6 is 0 Å². The number of aromatic hydroxyl groups is 8. The number of phenols is 8. The summed E-state index contributed by atoms with van der Waals surface area (Å²) in [7, 11) is 0. The number of ether oxygens (including phenoxy) is 3. The molecule has 1 fully saturated rings. The van der Waals surface area contributed by atoms with E-state index in [4.69, 9.17) is 18.6 Å².